The Morgan fingerprint density at radius 2 is 0.526 bits per heavy atom. The number of aryl methyl sites for hydroxylation is 4. The van der Waals surface area contributed by atoms with Gasteiger partial charge in [0.1, 0.15) is 34.5 Å². The first-order valence-electron chi connectivity index (χ1n) is 25.5. The van der Waals surface area contributed by atoms with E-state index in [2.05, 4.69) is 49.6 Å². The van der Waals surface area contributed by atoms with Gasteiger partial charge in [0.05, 0.1) is 47.4 Å². The summed E-state index contributed by atoms with van der Waals surface area (Å²) < 4.78 is 23.5. The zero-order valence-electron chi connectivity index (χ0n) is 42.2. The Morgan fingerprint density at radius 3 is 0.776 bits per heavy atom. The van der Waals surface area contributed by atoms with Gasteiger partial charge in [0.25, 0.3) is 0 Å². The van der Waals surface area contributed by atoms with Crippen molar-refractivity contribution < 1.29 is 18.9 Å². The minimum absolute atomic E-state index is 0.608. The molecule has 10 rings (SSSR count). The molecule has 0 fully saturated rings. The molecule has 4 aromatic carbocycles. The third-order valence-electron chi connectivity index (χ3n) is 12.7. The number of aromatic nitrogens is 6. The Hall–Kier alpha value is -9.54. The van der Waals surface area contributed by atoms with Gasteiger partial charge in [-0.25, -0.2) is 0 Å². The van der Waals surface area contributed by atoms with Crippen molar-refractivity contribution in [1.29, 1.82) is 0 Å². The van der Waals surface area contributed by atoms with Gasteiger partial charge < -0.3 is 18.9 Å². The van der Waals surface area contributed by atoms with Crippen molar-refractivity contribution in [1.82, 2.24) is 29.9 Å². The molecule has 0 radical (unpaired) electrons. The monoisotopic (exact) mass is 996 g/mol. The fourth-order valence-electron chi connectivity index (χ4n) is 8.34. The summed E-state index contributed by atoms with van der Waals surface area (Å²) in [7, 11) is 0. The number of hydrogen-bond acceptors (Lipinski definition) is 10. The molecular formula is C66H56N6O4. The number of rotatable bonds is 23. The molecule has 6 heterocycles. The second kappa shape index (κ2) is 24.9. The maximum absolute atomic E-state index is 6.04. The van der Waals surface area contributed by atoms with Crippen LogP contribution in [0, 0.1) is 0 Å². The first-order chi connectivity index (χ1) is 37.5. The molecule has 0 saturated heterocycles. The number of nitrogens with zero attached hydrogens (tertiary/aromatic N) is 6. The normalized spacial score (nSPS) is 10.9. The van der Waals surface area contributed by atoms with E-state index in [0.29, 0.717) is 13.2 Å². The van der Waals surface area contributed by atoms with Crippen LogP contribution in [0.5, 0.6) is 34.5 Å². The lowest BCUT2D eigenvalue weighted by Crippen LogP contribution is -1.97. The largest absolute Gasteiger partial charge is 0.493 e. The highest BCUT2D eigenvalue weighted by Gasteiger charge is 2.10. The number of hydrogen-bond donors (Lipinski definition) is 0. The Morgan fingerprint density at radius 1 is 0.276 bits per heavy atom. The van der Waals surface area contributed by atoms with Gasteiger partial charge in [0.2, 0.25) is 0 Å². The molecule has 0 bridgehead atoms. The van der Waals surface area contributed by atoms with Crippen molar-refractivity contribution in [2.45, 2.75) is 38.5 Å². The maximum Gasteiger partial charge on any atom is 0.127 e. The average molecular weight is 997 g/mol. The van der Waals surface area contributed by atoms with E-state index in [1.54, 1.807) is 0 Å². The number of benzene rings is 4. The Labute approximate surface area is 444 Å². The van der Waals surface area contributed by atoms with Crippen molar-refractivity contribution in [3.05, 3.63) is 255 Å². The molecule has 10 aromatic rings. The van der Waals surface area contributed by atoms with Crippen LogP contribution in [0.3, 0.4) is 0 Å². The van der Waals surface area contributed by atoms with Crippen LogP contribution in [0.15, 0.2) is 232 Å². The predicted octanol–water partition coefficient (Wildman–Crippen LogP) is 15.5. The lowest BCUT2D eigenvalue weighted by Gasteiger charge is -2.09. The topological polar surface area (TPSA) is 114 Å². The van der Waals surface area contributed by atoms with Gasteiger partial charge in [-0.15, -0.1) is 13.2 Å². The van der Waals surface area contributed by atoms with Crippen molar-refractivity contribution in [2.24, 2.45) is 0 Å². The molecule has 6 aromatic heterocycles. The number of pyridine rings is 6. The summed E-state index contributed by atoms with van der Waals surface area (Å²) in [6.07, 6.45) is 20.2. The van der Waals surface area contributed by atoms with E-state index in [0.717, 1.165) is 152 Å². The van der Waals surface area contributed by atoms with E-state index in [-0.39, 0.29) is 0 Å². The Kier molecular flexibility index (Phi) is 16.4. The van der Waals surface area contributed by atoms with E-state index in [4.69, 9.17) is 48.9 Å². The van der Waals surface area contributed by atoms with Crippen molar-refractivity contribution >= 4 is 0 Å². The molecule has 0 aliphatic rings. The third-order valence-corrected chi connectivity index (χ3v) is 12.7. The first kappa shape index (κ1) is 50.0. The lowest BCUT2D eigenvalue weighted by molar-refractivity contribution is 0.324. The van der Waals surface area contributed by atoms with Crippen molar-refractivity contribution in [3.8, 4) is 90.9 Å². The molecule has 0 spiro atoms. The molecule has 0 N–H and O–H groups in total. The molecule has 0 aliphatic carbocycles. The third kappa shape index (κ3) is 13.5. The zero-order chi connectivity index (χ0) is 51.7. The second-order valence-electron chi connectivity index (χ2n) is 18.1. The van der Waals surface area contributed by atoms with Crippen molar-refractivity contribution in [3.63, 3.8) is 0 Å². The molecule has 10 heteroatoms. The van der Waals surface area contributed by atoms with Crippen LogP contribution in [0.25, 0.3) is 56.4 Å². The standard InChI is InChI=1S/C66H56N6O4/c1-3-5-39-73-55-25-29-59(30-26-55)75-57-21-15-51(16-22-57)53-19-37-65(71-45-53)63-35-13-49(43-69-63)9-7-47-11-33-61(67-41-47)62-34-12-48(42-68-62)8-10-50-14-36-64(70-44-50)66-38-20-54(46-72-66)52-17-23-58(24-18-52)76-60-31-27-56(28-32-60)74-40-6-4-2/h3-4,11-38,41-46H,1-2,5-10,39-40H2. The molecule has 10 nitrogen and oxygen atoms in total. The van der Waals surface area contributed by atoms with Gasteiger partial charge in [0.15, 0.2) is 0 Å². The quantitative estimate of drug-likeness (QED) is 0.0453. The summed E-state index contributed by atoms with van der Waals surface area (Å²) in [6, 6.07) is 56.1. The predicted molar refractivity (Wildman–Crippen MR) is 302 cm³/mol. The second-order valence-corrected chi connectivity index (χ2v) is 18.1. The SMILES string of the molecule is C=CCCOc1ccc(Oc2ccc(-c3ccc(-c4ccc(CCc5ccc(-c6ccc(CCc7ccc(-c8ccc(-c9ccc(Oc%10ccc(OCCC=C)cc%10)cc9)cn8)nc7)cn6)nc5)cn4)nc3)cc2)cc1. The van der Waals surface area contributed by atoms with E-state index >= 15 is 0 Å². The van der Waals surface area contributed by atoms with E-state index in [9.17, 15) is 0 Å². The van der Waals surface area contributed by atoms with Gasteiger partial charge in [-0.2, -0.15) is 0 Å². The fourth-order valence-corrected chi connectivity index (χ4v) is 8.34. The van der Waals surface area contributed by atoms with E-state index in [1.165, 1.54) is 0 Å². The summed E-state index contributed by atoms with van der Waals surface area (Å²) in [5.41, 5.74) is 13.8. The molecule has 0 atom stereocenters. The Balaban J connectivity index is 0.646. The van der Waals surface area contributed by atoms with Crippen LogP contribution in [-0.2, 0) is 25.7 Å². The summed E-state index contributed by atoms with van der Waals surface area (Å²) in [5, 5.41) is 0. The highest BCUT2D eigenvalue weighted by molar-refractivity contribution is 5.68. The summed E-state index contributed by atoms with van der Waals surface area (Å²) >= 11 is 0. The molecule has 374 valence electrons. The van der Waals surface area contributed by atoms with Gasteiger partial charge >= 0.3 is 0 Å². The summed E-state index contributed by atoms with van der Waals surface area (Å²) in [5.74, 6) is 4.62. The van der Waals surface area contributed by atoms with E-state index in [1.807, 2.05) is 183 Å². The Bertz CT molecular complexity index is 3190. The fraction of sp³-hybridized carbons (Fsp3) is 0.121. The molecule has 0 aliphatic heterocycles. The average Bonchev–Trinajstić information content (AvgIpc) is 3.48. The lowest BCUT2D eigenvalue weighted by atomic mass is 10.0. The summed E-state index contributed by atoms with van der Waals surface area (Å²) in [4.78, 5) is 28.5. The highest BCUT2D eigenvalue weighted by Crippen LogP contribution is 2.30. The molecule has 0 unspecified atom stereocenters. The molecule has 0 amide bonds. The van der Waals surface area contributed by atoms with Crippen molar-refractivity contribution in [2.75, 3.05) is 13.2 Å². The smallest absolute Gasteiger partial charge is 0.127 e. The highest BCUT2D eigenvalue weighted by atomic mass is 16.5. The van der Waals surface area contributed by atoms with Gasteiger partial charge in [-0.1, -0.05) is 72.8 Å². The van der Waals surface area contributed by atoms with E-state index < -0.39 is 0 Å². The van der Waals surface area contributed by atoms with Crippen LogP contribution in [-0.4, -0.2) is 43.1 Å². The molecule has 76 heavy (non-hydrogen) atoms. The molecular weight excluding hydrogens is 941 g/mol. The van der Waals surface area contributed by atoms with Gasteiger partial charge in [-0.3, -0.25) is 29.9 Å². The minimum atomic E-state index is 0.608. The number of ether oxygens (including phenoxy) is 4. The summed E-state index contributed by atoms with van der Waals surface area (Å²) in [6.45, 7) is 8.67. The van der Waals surface area contributed by atoms with Gasteiger partial charge in [-0.05, 0) is 181 Å². The minimum Gasteiger partial charge on any atom is -0.493 e. The zero-order valence-corrected chi connectivity index (χ0v) is 42.2. The van der Waals surface area contributed by atoms with Crippen LogP contribution >= 0.6 is 0 Å². The van der Waals surface area contributed by atoms with Crippen LogP contribution in [0.2, 0.25) is 0 Å². The van der Waals surface area contributed by atoms with Crippen LogP contribution in [0.4, 0.5) is 0 Å². The first-order valence-corrected chi connectivity index (χ1v) is 25.5. The molecule has 0 saturated carbocycles. The maximum atomic E-state index is 6.04. The van der Waals surface area contributed by atoms with Crippen LogP contribution < -0.4 is 18.9 Å². The van der Waals surface area contributed by atoms with Crippen LogP contribution in [0.1, 0.15) is 35.1 Å². The van der Waals surface area contributed by atoms with Gasteiger partial charge in [0, 0.05) is 48.3 Å².